The molecular formula is C26H29F3N6. The minimum Gasteiger partial charge on any atom is -0.383 e. The van der Waals surface area contributed by atoms with Crippen LogP contribution in [0.3, 0.4) is 0 Å². The number of benzene rings is 1. The fourth-order valence-corrected chi connectivity index (χ4v) is 6.21. The van der Waals surface area contributed by atoms with E-state index in [9.17, 15) is 13.2 Å². The first-order valence-electron chi connectivity index (χ1n) is 12.2. The monoisotopic (exact) mass is 482 g/mol. The number of nitrogen functional groups attached to an aromatic ring is 1. The number of hydrogen-bond donors (Lipinski definition) is 2. The number of alkyl halides is 3. The van der Waals surface area contributed by atoms with Gasteiger partial charge in [-0.2, -0.15) is 18.3 Å². The van der Waals surface area contributed by atoms with Crippen molar-refractivity contribution in [1.82, 2.24) is 25.2 Å². The molecule has 2 aliphatic heterocycles. The molecule has 4 heterocycles. The maximum absolute atomic E-state index is 13.3. The maximum atomic E-state index is 13.3. The standard InChI is InChI=1S/C26H29F3N6/c1-17-5-2-3-6-19(17)25(7-4-8-25)33-34-11-9-24(16-34)10-12-35-22(24)14-21(32-35)18-13-20(26(27,28)29)23(30)31-15-18/h2-3,5-6,13-15,33H,4,7-12,16H2,1H3,(H2,30,31). The predicted molar refractivity (Wildman–Crippen MR) is 127 cm³/mol. The number of fused-ring (bicyclic) bond motifs is 2. The number of pyridine rings is 1. The molecule has 9 heteroatoms. The number of hydrogen-bond acceptors (Lipinski definition) is 5. The van der Waals surface area contributed by atoms with Crippen molar-refractivity contribution in [2.24, 2.45) is 0 Å². The Morgan fingerprint density at radius 2 is 1.83 bits per heavy atom. The largest absolute Gasteiger partial charge is 0.419 e. The van der Waals surface area contributed by atoms with Gasteiger partial charge in [-0.05, 0) is 62.3 Å². The summed E-state index contributed by atoms with van der Waals surface area (Å²) in [6.45, 7) is 4.73. The van der Waals surface area contributed by atoms with Crippen molar-refractivity contribution in [3.8, 4) is 11.3 Å². The van der Waals surface area contributed by atoms with Crippen LogP contribution in [0.2, 0.25) is 0 Å². The van der Waals surface area contributed by atoms with Crippen LogP contribution in [0.15, 0.2) is 42.6 Å². The van der Waals surface area contributed by atoms with E-state index in [-0.39, 0.29) is 11.0 Å². The molecule has 3 N–H and O–H groups in total. The zero-order valence-electron chi connectivity index (χ0n) is 19.7. The summed E-state index contributed by atoms with van der Waals surface area (Å²) in [6.07, 6.45) is 2.25. The molecule has 1 unspecified atom stereocenters. The number of aromatic nitrogens is 3. The van der Waals surface area contributed by atoms with Crippen LogP contribution in [0.4, 0.5) is 19.0 Å². The minimum absolute atomic E-state index is 0.00941. The number of aryl methyl sites for hydroxylation is 2. The highest BCUT2D eigenvalue weighted by Crippen LogP contribution is 2.47. The molecule has 1 atom stereocenters. The Morgan fingerprint density at radius 3 is 2.54 bits per heavy atom. The van der Waals surface area contributed by atoms with Gasteiger partial charge in [0.1, 0.15) is 5.82 Å². The molecule has 0 radical (unpaired) electrons. The van der Waals surface area contributed by atoms with Crippen molar-refractivity contribution in [2.75, 3.05) is 18.8 Å². The van der Waals surface area contributed by atoms with Crippen LogP contribution in [0.1, 0.15) is 54.5 Å². The number of hydrazine groups is 1. The summed E-state index contributed by atoms with van der Waals surface area (Å²) in [5.41, 5.74) is 13.0. The molecule has 2 fully saturated rings. The Labute approximate surface area is 202 Å². The summed E-state index contributed by atoms with van der Waals surface area (Å²) in [7, 11) is 0. The normalized spacial score (nSPS) is 23.5. The third-order valence-electron chi connectivity index (χ3n) is 8.24. The molecule has 2 aromatic heterocycles. The summed E-state index contributed by atoms with van der Waals surface area (Å²) >= 11 is 0. The number of nitrogens with zero attached hydrogens (tertiary/aromatic N) is 4. The summed E-state index contributed by atoms with van der Waals surface area (Å²) < 4.78 is 42.0. The van der Waals surface area contributed by atoms with Crippen molar-refractivity contribution >= 4 is 5.82 Å². The zero-order chi connectivity index (χ0) is 24.4. The highest BCUT2D eigenvalue weighted by Gasteiger charge is 2.49. The van der Waals surface area contributed by atoms with Crippen molar-refractivity contribution in [1.29, 1.82) is 0 Å². The molecular weight excluding hydrogens is 453 g/mol. The SMILES string of the molecule is Cc1ccccc1C1(NN2CCC3(CCn4nc(-c5cnc(N)c(C(F)(F)F)c5)cc43)C2)CCC1. The van der Waals surface area contributed by atoms with Crippen LogP contribution in [0, 0.1) is 6.92 Å². The molecule has 1 aromatic carbocycles. The summed E-state index contributed by atoms with van der Waals surface area (Å²) in [4.78, 5) is 3.79. The number of anilines is 1. The average Bonchev–Trinajstić information content (AvgIpc) is 3.48. The van der Waals surface area contributed by atoms with Gasteiger partial charge in [0.25, 0.3) is 0 Å². The van der Waals surface area contributed by atoms with Crippen LogP contribution in [0.25, 0.3) is 11.3 Å². The van der Waals surface area contributed by atoms with E-state index in [1.807, 2.05) is 10.7 Å². The number of rotatable bonds is 4. The molecule has 35 heavy (non-hydrogen) atoms. The van der Waals surface area contributed by atoms with Gasteiger partial charge in [-0.15, -0.1) is 0 Å². The van der Waals surface area contributed by atoms with Gasteiger partial charge in [0.15, 0.2) is 0 Å². The van der Waals surface area contributed by atoms with Gasteiger partial charge < -0.3 is 5.73 Å². The van der Waals surface area contributed by atoms with E-state index in [0.717, 1.165) is 57.1 Å². The summed E-state index contributed by atoms with van der Waals surface area (Å²) in [6, 6.07) is 11.6. The van der Waals surface area contributed by atoms with Crippen LogP contribution >= 0.6 is 0 Å². The second kappa shape index (κ2) is 7.80. The first kappa shape index (κ1) is 22.5. The topological polar surface area (TPSA) is 72.0 Å². The lowest BCUT2D eigenvalue weighted by Gasteiger charge is -2.46. The molecule has 1 saturated carbocycles. The van der Waals surface area contributed by atoms with E-state index >= 15 is 0 Å². The predicted octanol–water partition coefficient (Wildman–Crippen LogP) is 4.79. The van der Waals surface area contributed by atoms with E-state index in [1.165, 1.54) is 23.7 Å². The van der Waals surface area contributed by atoms with Crippen molar-refractivity contribution in [3.05, 3.63) is 65.0 Å². The molecule has 0 bridgehead atoms. The van der Waals surface area contributed by atoms with Crippen molar-refractivity contribution < 1.29 is 13.2 Å². The number of halogens is 3. The van der Waals surface area contributed by atoms with Crippen LogP contribution in [0.5, 0.6) is 0 Å². The number of nitrogens with one attached hydrogen (secondary N) is 1. The lowest BCUT2D eigenvalue weighted by molar-refractivity contribution is -0.137. The van der Waals surface area contributed by atoms with E-state index in [2.05, 4.69) is 51.7 Å². The van der Waals surface area contributed by atoms with Crippen molar-refractivity contribution in [2.45, 2.75) is 62.7 Å². The quantitative estimate of drug-likeness (QED) is 0.560. The first-order valence-corrected chi connectivity index (χ1v) is 12.2. The van der Waals surface area contributed by atoms with Gasteiger partial charge in [0.2, 0.25) is 0 Å². The number of nitrogens with two attached hydrogens (primary N) is 1. The lowest BCUT2D eigenvalue weighted by Crippen LogP contribution is -2.56. The highest BCUT2D eigenvalue weighted by atomic mass is 19.4. The Bertz CT molecular complexity index is 1280. The Kier molecular flexibility index (Phi) is 5.02. The fourth-order valence-electron chi connectivity index (χ4n) is 6.21. The zero-order valence-corrected chi connectivity index (χ0v) is 19.7. The van der Waals surface area contributed by atoms with E-state index in [0.29, 0.717) is 11.3 Å². The maximum Gasteiger partial charge on any atom is 0.419 e. The van der Waals surface area contributed by atoms with Gasteiger partial charge >= 0.3 is 6.18 Å². The molecule has 3 aromatic rings. The van der Waals surface area contributed by atoms with E-state index < -0.39 is 17.6 Å². The second-order valence-corrected chi connectivity index (χ2v) is 10.4. The molecule has 3 aliphatic rings. The third kappa shape index (κ3) is 3.63. The summed E-state index contributed by atoms with van der Waals surface area (Å²) in [5, 5.41) is 7.01. The van der Waals surface area contributed by atoms with Gasteiger partial charge in [-0.1, -0.05) is 24.3 Å². The lowest BCUT2D eigenvalue weighted by atomic mass is 9.71. The Morgan fingerprint density at radius 1 is 1.06 bits per heavy atom. The van der Waals surface area contributed by atoms with Crippen molar-refractivity contribution in [3.63, 3.8) is 0 Å². The molecule has 1 spiro atoms. The molecule has 1 aliphatic carbocycles. The summed E-state index contributed by atoms with van der Waals surface area (Å²) in [5.74, 6) is -0.513. The second-order valence-electron chi connectivity index (χ2n) is 10.4. The molecule has 184 valence electrons. The molecule has 6 nitrogen and oxygen atoms in total. The highest BCUT2D eigenvalue weighted by molar-refractivity contribution is 5.63. The minimum atomic E-state index is -4.55. The fraction of sp³-hybridized carbons (Fsp3) is 0.462. The van der Waals surface area contributed by atoms with E-state index in [1.54, 1.807) is 0 Å². The van der Waals surface area contributed by atoms with Gasteiger partial charge in [0.05, 0.1) is 16.8 Å². The molecule has 1 saturated heterocycles. The smallest absolute Gasteiger partial charge is 0.383 e. The Hall–Kier alpha value is -2.91. The third-order valence-corrected chi connectivity index (χ3v) is 8.24. The Balaban J connectivity index is 1.25. The van der Waals surface area contributed by atoms with Crippen LogP contribution < -0.4 is 11.2 Å². The van der Waals surface area contributed by atoms with Crippen LogP contribution in [-0.4, -0.2) is 32.9 Å². The van der Waals surface area contributed by atoms with Gasteiger partial charge in [0, 0.05) is 42.5 Å². The molecule has 0 amide bonds. The van der Waals surface area contributed by atoms with Gasteiger partial charge in [-0.25, -0.2) is 15.4 Å². The van der Waals surface area contributed by atoms with Gasteiger partial charge in [-0.3, -0.25) is 4.68 Å². The van der Waals surface area contributed by atoms with Crippen LogP contribution in [-0.2, 0) is 23.7 Å². The average molecular weight is 483 g/mol. The first-order chi connectivity index (χ1) is 16.7. The molecule has 6 rings (SSSR count). The van der Waals surface area contributed by atoms with E-state index in [4.69, 9.17) is 5.73 Å².